The maximum absolute atomic E-state index is 13.7. The quantitative estimate of drug-likeness (QED) is 0.749. The van der Waals surface area contributed by atoms with Gasteiger partial charge in [0, 0.05) is 13.1 Å². The van der Waals surface area contributed by atoms with Crippen LogP contribution < -0.4 is 16.0 Å². The van der Waals surface area contributed by atoms with Gasteiger partial charge in [0.25, 0.3) is 0 Å². The highest BCUT2D eigenvalue weighted by Gasteiger charge is 2.21. The highest BCUT2D eigenvalue weighted by Crippen LogP contribution is 2.23. The van der Waals surface area contributed by atoms with Gasteiger partial charge in [-0.15, -0.1) is 0 Å². The molecule has 1 aliphatic rings. The Bertz CT molecular complexity index is 478. The third kappa shape index (κ3) is 2.36. The molecule has 0 bridgehead atoms. The lowest BCUT2D eigenvalue weighted by Crippen LogP contribution is -2.48. The molecule has 4 nitrogen and oxygen atoms in total. The van der Waals surface area contributed by atoms with Crippen LogP contribution in [0.1, 0.15) is 5.56 Å². The lowest BCUT2D eigenvalue weighted by atomic mass is 10.1. The first kappa shape index (κ1) is 11.8. The first-order chi connectivity index (χ1) is 8.09. The zero-order valence-electron chi connectivity index (χ0n) is 9.07. The van der Waals surface area contributed by atoms with Crippen molar-refractivity contribution >= 4 is 28.8 Å². The van der Waals surface area contributed by atoms with E-state index in [2.05, 4.69) is 5.32 Å². The molecule has 0 saturated carbocycles. The van der Waals surface area contributed by atoms with Gasteiger partial charge in [-0.2, -0.15) is 0 Å². The minimum Gasteiger partial charge on any atom is -0.389 e. The van der Waals surface area contributed by atoms with Crippen LogP contribution >= 0.6 is 12.2 Å². The number of benzene rings is 1. The summed E-state index contributed by atoms with van der Waals surface area (Å²) in [4.78, 5) is 13.1. The molecule has 1 heterocycles. The molecular formula is C11H12FN3OS. The largest absolute Gasteiger partial charge is 0.389 e. The smallest absolute Gasteiger partial charge is 0.239 e. The number of amides is 1. The standard InChI is InChI=1S/C11H12FN3OS/c12-7-2-1-3-8(10(7)11(13)17)15-5-4-14-9(16)6-15/h1-3H,4-6H2,(H2,13,17)(H,14,16). The molecule has 0 radical (unpaired) electrons. The van der Waals surface area contributed by atoms with Crippen LogP contribution in [-0.2, 0) is 4.79 Å². The molecule has 6 heteroatoms. The summed E-state index contributed by atoms with van der Waals surface area (Å²) in [5.41, 5.74) is 6.30. The summed E-state index contributed by atoms with van der Waals surface area (Å²) in [7, 11) is 0. The van der Waals surface area contributed by atoms with Crippen molar-refractivity contribution in [2.24, 2.45) is 5.73 Å². The topological polar surface area (TPSA) is 58.4 Å². The van der Waals surface area contributed by atoms with E-state index in [0.717, 1.165) is 0 Å². The second-order valence-electron chi connectivity index (χ2n) is 3.77. The number of nitrogens with zero attached hydrogens (tertiary/aromatic N) is 1. The van der Waals surface area contributed by atoms with Crippen LogP contribution in [0.3, 0.4) is 0 Å². The fourth-order valence-corrected chi connectivity index (χ4v) is 2.07. The molecule has 1 fully saturated rings. The normalized spacial score (nSPS) is 15.6. The van der Waals surface area contributed by atoms with Crippen molar-refractivity contribution in [3.8, 4) is 0 Å². The highest BCUT2D eigenvalue weighted by molar-refractivity contribution is 7.80. The van der Waals surface area contributed by atoms with E-state index in [9.17, 15) is 9.18 Å². The Balaban J connectivity index is 2.40. The fraction of sp³-hybridized carbons (Fsp3) is 0.273. The average molecular weight is 253 g/mol. The highest BCUT2D eigenvalue weighted by atomic mass is 32.1. The maximum atomic E-state index is 13.7. The van der Waals surface area contributed by atoms with Crippen molar-refractivity contribution in [3.63, 3.8) is 0 Å². The van der Waals surface area contributed by atoms with Crippen LogP contribution in [0.2, 0.25) is 0 Å². The molecule has 3 N–H and O–H groups in total. The monoisotopic (exact) mass is 253 g/mol. The Morgan fingerprint density at radius 3 is 2.94 bits per heavy atom. The van der Waals surface area contributed by atoms with E-state index in [1.807, 2.05) is 0 Å². The van der Waals surface area contributed by atoms with Crippen molar-refractivity contribution in [3.05, 3.63) is 29.6 Å². The van der Waals surface area contributed by atoms with Gasteiger partial charge >= 0.3 is 0 Å². The predicted octanol–water partition coefficient (Wildman–Crippen LogP) is 0.396. The summed E-state index contributed by atoms with van der Waals surface area (Å²) in [6.07, 6.45) is 0. The van der Waals surface area contributed by atoms with Gasteiger partial charge in [0.05, 0.1) is 17.8 Å². The van der Waals surface area contributed by atoms with Crippen LogP contribution in [0, 0.1) is 5.82 Å². The molecule has 1 aromatic rings. The van der Waals surface area contributed by atoms with Gasteiger partial charge in [0.1, 0.15) is 10.8 Å². The molecule has 1 saturated heterocycles. The van der Waals surface area contributed by atoms with Gasteiger partial charge in [0.15, 0.2) is 0 Å². The van der Waals surface area contributed by atoms with Crippen molar-refractivity contribution in [1.29, 1.82) is 0 Å². The number of hydrogen-bond acceptors (Lipinski definition) is 3. The molecule has 0 aromatic heterocycles. The van der Waals surface area contributed by atoms with Crippen molar-refractivity contribution in [1.82, 2.24) is 5.32 Å². The van der Waals surface area contributed by atoms with Crippen LogP contribution in [0.4, 0.5) is 10.1 Å². The van der Waals surface area contributed by atoms with E-state index in [4.69, 9.17) is 18.0 Å². The van der Waals surface area contributed by atoms with E-state index >= 15 is 0 Å². The molecule has 0 aliphatic carbocycles. The van der Waals surface area contributed by atoms with Crippen LogP contribution in [0.5, 0.6) is 0 Å². The molecular weight excluding hydrogens is 241 g/mol. The van der Waals surface area contributed by atoms with Crippen LogP contribution in [0.25, 0.3) is 0 Å². The Morgan fingerprint density at radius 2 is 2.29 bits per heavy atom. The van der Waals surface area contributed by atoms with E-state index < -0.39 is 5.82 Å². The number of nitrogens with two attached hydrogens (primary N) is 1. The number of carbonyl (C=O) groups excluding carboxylic acids is 1. The molecule has 90 valence electrons. The number of piperazine rings is 1. The summed E-state index contributed by atoms with van der Waals surface area (Å²) in [6.45, 7) is 1.34. The Labute approximate surface area is 104 Å². The van der Waals surface area contributed by atoms with Crippen molar-refractivity contribution < 1.29 is 9.18 Å². The fourth-order valence-electron chi connectivity index (χ4n) is 1.86. The Kier molecular flexibility index (Phi) is 3.23. The zero-order chi connectivity index (χ0) is 12.4. The summed E-state index contributed by atoms with van der Waals surface area (Å²) in [6, 6.07) is 4.61. The van der Waals surface area contributed by atoms with Gasteiger partial charge in [-0.05, 0) is 12.1 Å². The molecule has 1 amide bonds. The van der Waals surface area contributed by atoms with Gasteiger partial charge in [-0.25, -0.2) is 4.39 Å². The molecule has 1 aromatic carbocycles. The number of nitrogens with one attached hydrogen (secondary N) is 1. The number of hydrogen-bond donors (Lipinski definition) is 2. The number of anilines is 1. The SMILES string of the molecule is NC(=S)c1c(F)cccc1N1CCNC(=O)C1. The Morgan fingerprint density at radius 1 is 1.53 bits per heavy atom. The van der Waals surface area contributed by atoms with E-state index in [1.54, 1.807) is 17.0 Å². The summed E-state index contributed by atoms with van der Waals surface area (Å²) in [5.74, 6) is -0.546. The van der Waals surface area contributed by atoms with Crippen molar-refractivity contribution in [2.45, 2.75) is 0 Å². The third-order valence-corrected chi connectivity index (χ3v) is 2.82. The van der Waals surface area contributed by atoms with E-state index in [0.29, 0.717) is 18.8 Å². The van der Waals surface area contributed by atoms with Gasteiger partial charge in [0.2, 0.25) is 5.91 Å². The van der Waals surface area contributed by atoms with Crippen LogP contribution in [0.15, 0.2) is 18.2 Å². The minimum atomic E-state index is -0.457. The predicted molar refractivity (Wildman–Crippen MR) is 67.5 cm³/mol. The second kappa shape index (κ2) is 4.67. The number of carbonyl (C=O) groups is 1. The van der Waals surface area contributed by atoms with Gasteiger partial charge < -0.3 is 16.0 Å². The zero-order valence-corrected chi connectivity index (χ0v) is 9.89. The molecule has 1 aliphatic heterocycles. The van der Waals surface area contributed by atoms with Crippen molar-refractivity contribution in [2.75, 3.05) is 24.5 Å². The van der Waals surface area contributed by atoms with Crippen LogP contribution in [-0.4, -0.2) is 30.5 Å². The van der Waals surface area contributed by atoms with Gasteiger partial charge in [-0.3, -0.25) is 4.79 Å². The average Bonchev–Trinajstić information content (AvgIpc) is 2.28. The summed E-state index contributed by atoms with van der Waals surface area (Å²) >= 11 is 4.85. The molecule has 0 unspecified atom stereocenters. The number of halogens is 1. The molecule has 0 atom stereocenters. The molecule has 17 heavy (non-hydrogen) atoms. The maximum Gasteiger partial charge on any atom is 0.239 e. The van der Waals surface area contributed by atoms with E-state index in [1.165, 1.54) is 6.07 Å². The second-order valence-corrected chi connectivity index (χ2v) is 4.21. The van der Waals surface area contributed by atoms with E-state index in [-0.39, 0.29) is 23.0 Å². The Hall–Kier alpha value is -1.69. The summed E-state index contributed by atoms with van der Waals surface area (Å²) in [5, 5.41) is 2.71. The first-order valence-electron chi connectivity index (χ1n) is 5.19. The molecule has 0 spiro atoms. The lowest BCUT2D eigenvalue weighted by Gasteiger charge is -2.30. The minimum absolute atomic E-state index is 0.00378. The first-order valence-corrected chi connectivity index (χ1v) is 5.60. The van der Waals surface area contributed by atoms with Gasteiger partial charge in [-0.1, -0.05) is 18.3 Å². The third-order valence-electron chi connectivity index (χ3n) is 2.62. The number of rotatable bonds is 2. The lowest BCUT2D eigenvalue weighted by molar-refractivity contribution is -0.120. The number of thiocarbonyl (C=S) groups is 1. The summed E-state index contributed by atoms with van der Waals surface area (Å²) < 4.78 is 13.7. The molecule has 2 rings (SSSR count).